The second kappa shape index (κ2) is 7.22. The molecule has 4 rings (SSSR count). The molecule has 1 fully saturated rings. The van der Waals surface area contributed by atoms with Gasteiger partial charge in [0, 0.05) is 17.8 Å². The summed E-state index contributed by atoms with van der Waals surface area (Å²) in [7, 11) is 0. The summed E-state index contributed by atoms with van der Waals surface area (Å²) in [6, 6.07) is 6.05. The average molecular weight is 360 g/mol. The Hall–Kier alpha value is -1.79. The third kappa shape index (κ3) is 3.33. The molecule has 6 heteroatoms. The number of carbonyl (C=O) groups excluding carboxylic acids is 1. The van der Waals surface area contributed by atoms with Gasteiger partial charge in [0.2, 0.25) is 0 Å². The van der Waals surface area contributed by atoms with Crippen LogP contribution >= 0.6 is 11.3 Å². The zero-order valence-electron chi connectivity index (χ0n) is 14.5. The fourth-order valence-electron chi connectivity index (χ4n) is 3.71. The Kier molecular flexibility index (Phi) is 4.81. The van der Waals surface area contributed by atoms with E-state index < -0.39 is 0 Å². The van der Waals surface area contributed by atoms with Crippen LogP contribution in [-0.2, 0) is 17.6 Å². The van der Waals surface area contributed by atoms with Crippen LogP contribution in [0.1, 0.15) is 53.8 Å². The van der Waals surface area contributed by atoms with Gasteiger partial charge in [-0.3, -0.25) is 0 Å². The summed E-state index contributed by atoms with van der Waals surface area (Å²) in [5, 5.41) is 5.37. The van der Waals surface area contributed by atoms with Crippen molar-refractivity contribution in [2.45, 2.75) is 44.7 Å². The lowest BCUT2D eigenvalue weighted by atomic mass is 9.94. The van der Waals surface area contributed by atoms with E-state index in [1.54, 1.807) is 11.3 Å². The fraction of sp³-hybridized carbons (Fsp3) is 0.526. The molecule has 1 aliphatic carbocycles. The van der Waals surface area contributed by atoms with Crippen LogP contribution < -0.4 is 5.32 Å². The van der Waals surface area contributed by atoms with Crippen molar-refractivity contribution in [1.82, 2.24) is 10.2 Å². The quantitative estimate of drug-likeness (QED) is 0.898. The molecule has 2 aromatic heterocycles. The van der Waals surface area contributed by atoms with Gasteiger partial charge in [0.1, 0.15) is 17.6 Å². The lowest BCUT2D eigenvalue weighted by Gasteiger charge is -2.36. The van der Waals surface area contributed by atoms with E-state index in [2.05, 4.69) is 23.7 Å². The number of hydrogen-bond acceptors (Lipinski definition) is 4. The molecule has 0 radical (unpaired) electrons. The minimum atomic E-state index is -0.153. The number of urea groups is 1. The van der Waals surface area contributed by atoms with Crippen LogP contribution in [0.4, 0.5) is 4.79 Å². The number of aryl methyl sites for hydroxylation is 2. The predicted octanol–water partition coefficient (Wildman–Crippen LogP) is 4.06. The summed E-state index contributed by atoms with van der Waals surface area (Å²) in [6.07, 6.45) is 4.11. The Morgan fingerprint density at radius 3 is 3.16 bits per heavy atom. The van der Waals surface area contributed by atoms with Crippen LogP contribution in [0, 0.1) is 0 Å². The molecule has 1 saturated heterocycles. The zero-order valence-corrected chi connectivity index (χ0v) is 15.3. The highest BCUT2D eigenvalue weighted by Gasteiger charge is 2.33. The lowest BCUT2D eigenvalue weighted by Crippen LogP contribution is -2.49. The predicted molar refractivity (Wildman–Crippen MR) is 96.9 cm³/mol. The van der Waals surface area contributed by atoms with E-state index in [4.69, 9.17) is 9.15 Å². The molecule has 2 aromatic rings. The molecule has 2 amide bonds. The molecule has 5 nitrogen and oxygen atoms in total. The molecule has 0 saturated carbocycles. The number of amides is 2. The van der Waals surface area contributed by atoms with Crippen LogP contribution in [0.15, 0.2) is 28.0 Å². The molecular weight excluding hydrogens is 336 g/mol. The molecule has 0 spiro atoms. The molecule has 3 heterocycles. The monoisotopic (exact) mass is 360 g/mol. The van der Waals surface area contributed by atoms with Crippen LogP contribution in [-0.4, -0.2) is 30.7 Å². The van der Waals surface area contributed by atoms with Crippen molar-refractivity contribution in [2.24, 2.45) is 0 Å². The number of thiophene rings is 1. The van der Waals surface area contributed by atoms with Crippen LogP contribution in [0.5, 0.6) is 0 Å². The number of ether oxygens (including phenoxy) is 1. The van der Waals surface area contributed by atoms with E-state index >= 15 is 0 Å². The molecule has 1 aliphatic heterocycles. The van der Waals surface area contributed by atoms with Crippen molar-refractivity contribution < 1.29 is 13.9 Å². The molecule has 2 aliphatic rings. The van der Waals surface area contributed by atoms with E-state index in [1.807, 2.05) is 17.0 Å². The first-order valence-corrected chi connectivity index (χ1v) is 9.94. The molecular formula is C19H24N2O3S. The van der Waals surface area contributed by atoms with E-state index in [1.165, 1.54) is 10.4 Å². The standard InChI is InChI=1S/C19H24N2O3S/c1-2-13-6-7-17(24-13)16-12-23-10-9-21(16)19(22)20-15-4-3-5-18-14(15)8-11-25-18/h6-8,11,15-16H,2-5,9-10,12H2,1H3,(H,20,22). The van der Waals surface area contributed by atoms with Gasteiger partial charge in [0.25, 0.3) is 0 Å². The lowest BCUT2D eigenvalue weighted by molar-refractivity contribution is 0.00328. The number of furan rings is 1. The second-order valence-corrected chi connectivity index (χ2v) is 7.64. The van der Waals surface area contributed by atoms with Gasteiger partial charge >= 0.3 is 6.03 Å². The van der Waals surface area contributed by atoms with Gasteiger partial charge < -0.3 is 19.4 Å². The van der Waals surface area contributed by atoms with Crippen molar-refractivity contribution in [3.05, 3.63) is 45.5 Å². The number of nitrogens with zero attached hydrogens (tertiary/aromatic N) is 1. The molecule has 0 bridgehead atoms. The number of carbonyl (C=O) groups is 1. The maximum absolute atomic E-state index is 13.0. The summed E-state index contributed by atoms with van der Waals surface area (Å²) >= 11 is 1.79. The Morgan fingerprint density at radius 2 is 2.32 bits per heavy atom. The van der Waals surface area contributed by atoms with Gasteiger partial charge in [-0.05, 0) is 48.4 Å². The third-order valence-electron chi connectivity index (χ3n) is 5.10. The molecule has 2 unspecified atom stereocenters. The highest BCUT2D eigenvalue weighted by Crippen LogP contribution is 2.34. The first-order valence-electron chi connectivity index (χ1n) is 9.06. The maximum Gasteiger partial charge on any atom is 0.318 e. The normalized spacial score (nSPS) is 23.3. The van der Waals surface area contributed by atoms with Gasteiger partial charge in [-0.2, -0.15) is 0 Å². The van der Waals surface area contributed by atoms with Crippen molar-refractivity contribution in [2.75, 3.05) is 19.8 Å². The van der Waals surface area contributed by atoms with Crippen molar-refractivity contribution in [3.63, 3.8) is 0 Å². The first kappa shape index (κ1) is 16.7. The Bertz CT molecular complexity index is 739. The highest BCUT2D eigenvalue weighted by atomic mass is 32.1. The molecule has 2 atom stereocenters. The van der Waals surface area contributed by atoms with Gasteiger partial charge in [-0.25, -0.2) is 4.79 Å². The van der Waals surface area contributed by atoms with Crippen molar-refractivity contribution in [3.8, 4) is 0 Å². The number of rotatable bonds is 3. The maximum atomic E-state index is 13.0. The van der Waals surface area contributed by atoms with Crippen molar-refractivity contribution >= 4 is 17.4 Å². The fourth-order valence-corrected chi connectivity index (χ4v) is 4.70. The number of nitrogens with one attached hydrogen (secondary N) is 1. The highest BCUT2D eigenvalue weighted by molar-refractivity contribution is 7.10. The first-order chi connectivity index (χ1) is 12.3. The summed E-state index contributed by atoms with van der Waals surface area (Å²) in [4.78, 5) is 16.3. The molecule has 1 N–H and O–H groups in total. The van der Waals surface area contributed by atoms with Crippen LogP contribution in [0.3, 0.4) is 0 Å². The summed E-state index contributed by atoms with van der Waals surface area (Å²) < 4.78 is 11.5. The molecule has 25 heavy (non-hydrogen) atoms. The average Bonchev–Trinajstić information content (AvgIpc) is 3.31. The molecule has 134 valence electrons. The summed E-state index contributed by atoms with van der Waals surface area (Å²) in [5.41, 5.74) is 1.29. The number of fused-ring (bicyclic) bond motifs is 1. The van der Waals surface area contributed by atoms with Gasteiger partial charge in [0.05, 0.1) is 19.3 Å². The van der Waals surface area contributed by atoms with E-state index in [-0.39, 0.29) is 18.1 Å². The van der Waals surface area contributed by atoms with Crippen LogP contribution in [0.25, 0.3) is 0 Å². The Morgan fingerprint density at radius 1 is 1.40 bits per heavy atom. The van der Waals surface area contributed by atoms with Gasteiger partial charge in [-0.15, -0.1) is 11.3 Å². The smallest absolute Gasteiger partial charge is 0.318 e. The third-order valence-corrected chi connectivity index (χ3v) is 6.09. The van der Waals surface area contributed by atoms with Gasteiger partial charge in [-0.1, -0.05) is 6.92 Å². The summed E-state index contributed by atoms with van der Waals surface area (Å²) in [5.74, 6) is 1.75. The minimum absolute atomic E-state index is 0.0215. The van der Waals surface area contributed by atoms with E-state index in [9.17, 15) is 4.79 Å². The number of morpholine rings is 1. The SMILES string of the molecule is CCc1ccc(C2COCCN2C(=O)NC2CCCc3sccc32)o1. The minimum Gasteiger partial charge on any atom is -0.464 e. The Balaban J connectivity index is 1.50. The molecule has 0 aromatic carbocycles. The largest absolute Gasteiger partial charge is 0.464 e. The summed E-state index contributed by atoms with van der Waals surface area (Å²) in [6.45, 7) is 3.70. The second-order valence-electron chi connectivity index (χ2n) is 6.64. The topological polar surface area (TPSA) is 54.7 Å². The van der Waals surface area contributed by atoms with E-state index in [0.717, 1.165) is 37.2 Å². The van der Waals surface area contributed by atoms with Crippen LogP contribution in [0.2, 0.25) is 0 Å². The van der Waals surface area contributed by atoms with E-state index in [0.29, 0.717) is 19.8 Å². The van der Waals surface area contributed by atoms with Crippen molar-refractivity contribution in [1.29, 1.82) is 0 Å². The zero-order chi connectivity index (χ0) is 17.2. The van der Waals surface area contributed by atoms with Gasteiger partial charge in [0.15, 0.2) is 0 Å². The number of hydrogen-bond donors (Lipinski definition) is 1. The Labute approximate surface area is 152 Å².